The number of nitrogens with two attached hydrogens (primary N) is 1. The number of pyridine rings is 1. The van der Waals surface area contributed by atoms with Crippen molar-refractivity contribution in [2.24, 2.45) is 5.73 Å². The molecule has 0 spiro atoms. The molecule has 3 N–H and O–H groups in total. The molecule has 2 aromatic rings. The number of benzene rings is 1. The van der Waals surface area contributed by atoms with Crippen molar-refractivity contribution in [2.75, 3.05) is 18.4 Å². The number of nitrogens with one attached hydrogen (secondary N) is 1. The topological polar surface area (TPSA) is 50.9 Å². The summed E-state index contributed by atoms with van der Waals surface area (Å²) in [4.78, 5) is 4.48. The van der Waals surface area contributed by atoms with E-state index in [1.165, 1.54) is 0 Å². The van der Waals surface area contributed by atoms with E-state index in [-0.39, 0.29) is 0 Å². The zero-order valence-electron chi connectivity index (χ0n) is 8.20. The first-order valence-corrected chi connectivity index (χ1v) is 5.59. The molecule has 1 aromatic carbocycles. The highest BCUT2D eigenvalue weighted by Crippen LogP contribution is 2.19. The quantitative estimate of drug-likeness (QED) is 0.896. The Morgan fingerprint density at radius 1 is 1.27 bits per heavy atom. The second-order valence-electron chi connectivity index (χ2n) is 3.25. The van der Waals surface area contributed by atoms with Gasteiger partial charge in [0.2, 0.25) is 0 Å². The third kappa shape index (κ3) is 2.46. The van der Waals surface area contributed by atoms with Gasteiger partial charge in [-0.05, 0) is 24.3 Å². The molecular formula is C11H12BrN3. The molecule has 0 aliphatic rings. The molecule has 15 heavy (non-hydrogen) atoms. The minimum atomic E-state index is 0.609. The maximum atomic E-state index is 5.42. The van der Waals surface area contributed by atoms with E-state index in [1.807, 2.05) is 30.3 Å². The molecule has 0 bridgehead atoms. The Balaban J connectivity index is 2.36. The fourth-order valence-corrected chi connectivity index (χ4v) is 1.74. The highest BCUT2D eigenvalue weighted by molar-refractivity contribution is 9.10. The number of rotatable bonds is 3. The highest BCUT2D eigenvalue weighted by atomic mass is 79.9. The molecule has 0 saturated heterocycles. The van der Waals surface area contributed by atoms with E-state index in [4.69, 9.17) is 5.73 Å². The van der Waals surface area contributed by atoms with Crippen LogP contribution in [-0.4, -0.2) is 18.1 Å². The van der Waals surface area contributed by atoms with Crippen molar-refractivity contribution in [3.8, 4) is 0 Å². The molecule has 0 radical (unpaired) electrons. The summed E-state index contributed by atoms with van der Waals surface area (Å²) in [6, 6.07) is 10.1. The third-order valence-corrected chi connectivity index (χ3v) is 2.60. The third-order valence-electron chi connectivity index (χ3n) is 2.10. The van der Waals surface area contributed by atoms with Gasteiger partial charge in [0.1, 0.15) is 5.82 Å². The maximum absolute atomic E-state index is 5.42. The predicted octanol–water partition coefficient (Wildman–Crippen LogP) is 2.37. The fraction of sp³-hybridized carbons (Fsp3) is 0.182. The largest absolute Gasteiger partial charge is 0.369 e. The summed E-state index contributed by atoms with van der Waals surface area (Å²) >= 11 is 3.43. The average molecular weight is 266 g/mol. The molecule has 0 atom stereocenters. The van der Waals surface area contributed by atoms with Gasteiger partial charge < -0.3 is 11.1 Å². The van der Waals surface area contributed by atoms with Crippen molar-refractivity contribution in [2.45, 2.75) is 0 Å². The molecule has 1 aromatic heterocycles. The summed E-state index contributed by atoms with van der Waals surface area (Å²) in [7, 11) is 0. The van der Waals surface area contributed by atoms with Crippen LogP contribution in [0.5, 0.6) is 0 Å². The molecule has 78 valence electrons. The van der Waals surface area contributed by atoms with Crippen LogP contribution in [0.1, 0.15) is 0 Å². The number of halogens is 1. The van der Waals surface area contributed by atoms with Crippen molar-refractivity contribution in [1.82, 2.24) is 4.98 Å². The number of fused-ring (bicyclic) bond motifs is 1. The van der Waals surface area contributed by atoms with Crippen LogP contribution in [0.15, 0.2) is 34.8 Å². The number of anilines is 1. The number of aromatic nitrogens is 1. The fourth-order valence-electron chi connectivity index (χ4n) is 1.39. The van der Waals surface area contributed by atoms with E-state index in [1.54, 1.807) is 0 Å². The first kappa shape index (κ1) is 10.4. The van der Waals surface area contributed by atoms with Crippen LogP contribution in [0.25, 0.3) is 10.9 Å². The van der Waals surface area contributed by atoms with Crippen molar-refractivity contribution in [3.05, 3.63) is 34.8 Å². The van der Waals surface area contributed by atoms with Gasteiger partial charge in [-0.15, -0.1) is 0 Å². The predicted molar refractivity (Wildman–Crippen MR) is 67.0 cm³/mol. The van der Waals surface area contributed by atoms with Crippen LogP contribution < -0.4 is 11.1 Å². The molecule has 0 unspecified atom stereocenters. The zero-order valence-corrected chi connectivity index (χ0v) is 9.79. The number of hydrogen-bond donors (Lipinski definition) is 2. The lowest BCUT2D eigenvalue weighted by molar-refractivity contribution is 1.01. The van der Waals surface area contributed by atoms with E-state index < -0.39 is 0 Å². The minimum Gasteiger partial charge on any atom is -0.369 e. The summed E-state index contributed by atoms with van der Waals surface area (Å²) in [5, 5.41) is 4.29. The van der Waals surface area contributed by atoms with Gasteiger partial charge in [-0.2, -0.15) is 0 Å². The molecule has 0 aliphatic heterocycles. The Morgan fingerprint density at radius 3 is 2.87 bits per heavy atom. The van der Waals surface area contributed by atoms with E-state index in [2.05, 4.69) is 26.2 Å². The van der Waals surface area contributed by atoms with Crippen LogP contribution in [0.4, 0.5) is 5.82 Å². The summed E-state index contributed by atoms with van der Waals surface area (Å²) in [6.07, 6.45) is 0. The number of nitrogens with zero attached hydrogens (tertiary/aromatic N) is 1. The van der Waals surface area contributed by atoms with Gasteiger partial charge in [0.15, 0.2) is 0 Å². The van der Waals surface area contributed by atoms with Gasteiger partial charge >= 0.3 is 0 Å². The summed E-state index contributed by atoms with van der Waals surface area (Å²) in [5.41, 5.74) is 6.39. The van der Waals surface area contributed by atoms with Gasteiger partial charge in [0, 0.05) is 22.9 Å². The van der Waals surface area contributed by atoms with Gasteiger partial charge in [-0.3, -0.25) is 0 Å². The Morgan fingerprint density at radius 2 is 2.07 bits per heavy atom. The molecule has 0 fully saturated rings. The normalized spacial score (nSPS) is 10.5. The Labute approximate surface area is 96.8 Å². The van der Waals surface area contributed by atoms with Crippen LogP contribution >= 0.6 is 15.9 Å². The maximum Gasteiger partial charge on any atom is 0.126 e. The SMILES string of the molecule is NCCNc1ccc2ccc(Br)cc2n1. The van der Waals surface area contributed by atoms with Gasteiger partial charge in [0.25, 0.3) is 0 Å². The van der Waals surface area contributed by atoms with Gasteiger partial charge in [-0.1, -0.05) is 22.0 Å². The molecule has 3 nitrogen and oxygen atoms in total. The molecule has 4 heteroatoms. The van der Waals surface area contributed by atoms with Crippen molar-refractivity contribution in [1.29, 1.82) is 0 Å². The lowest BCUT2D eigenvalue weighted by Gasteiger charge is -2.05. The molecule has 2 rings (SSSR count). The molecule has 1 heterocycles. The smallest absolute Gasteiger partial charge is 0.126 e. The Kier molecular flexibility index (Phi) is 3.18. The Hall–Kier alpha value is -1.13. The monoisotopic (exact) mass is 265 g/mol. The van der Waals surface area contributed by atoms with E-state index in [0.29, 0.717) is 6.54 Å². The summed E-state index contributed by atoms with van der Waals surface area (Å²) in [6.45, 7) is 1.35. The van der Waals surface area contributed by atoms with E-state index >= 15 is 0 Å². The first-order valence-electron chi connectivity index (χ1n) is 4.80. The van der Waals surface area contributed by atoms with Gasteiger partial charge in [-0.25, -0.2) is 4.98 Å². The molecule has 0 aliphatic carbocycles. The van der Waals surface area contributed by atoms with Crippen molar-refractivity contribution in [3.63, 3.8) is 0 Å². The molecular weight excluding hydrogens is 254 g/mol. The second-order valence-corrected chi connectivity index (χ2v) is 4.16. The zero-order chi connectivity index (χ0) is 10.7. The second kappa shape index (κ2) is 4.59. The summed E-state index contributed by atoms with van der Waals surface area (Å²) < 4.78 is 1.04. The summed E-state index contributed by atoms with van der Waals surface area (Å²) in [5.74, 6) is 0.867. The minimum absolute atomic E-state index is 0.609. The lowest BCUT2D eigenvalue weighted by atomic mass is 10.2. The van der Waals surface area contributed by atoms with Crippen LogP contribution in [0.3, 0.4) is 0 Å². The Bertz CT molecular complexity index is 470. The molecule has 0 saturated carbocycles. The first-order chi connectivity index (χ1) is 7.29. The van der Waals surface area contributed by atoms with E-state index in [9.17, 15) is 0 Å². The molecule has 0 amide bonds. The van der Waals surface area contributed by atoms with Crippen LogP contribution in [0, 0.1) is 0 Å². The van der Waals surface area contributed by atoms with Crippen molar-refractivity contribution < 1.29 is 0 Å². The standard InChI is InChI=1S/C11H12BrN3/c12-9-3-1-8-2-4-11(14-6-5-13)15-10(8)7-9/h1-4,7H,5-6,13H2,(H,14,15). The lowest BCUT2D eigenvalue weighted by Crippen LogP contribution is -2.13. The van der Waals surface area contributed by atoms with E-state index in [0.717, 1.165) is 27.7 Å². The number of hydrogen-bond acceptors (Lipinski definition) is 3. The average Bonchev–Trinajstić information content (AvgIpc) is 2.25. The van der Waals surface area contributed by atoms with Gasteiger partial charge in [0.05, 0.1) is 5.52 Å². The van der Waals surface area contributed by atoms with Crippen molar-refractivity contribution >= 4 is 32.7 Å². The highest BCUT2D eigenvalue weighted by Gasteiger charge is 1.98. The van der Waals surface area contributed by atoms with Crippen LogP contribution in [0.2, 0.25) is 0 Å². The van der Waals surface area contributed by atoms with Crippen LogP contribution in [-0.2, 0) is 0 Å².